The Morgan fingerprint density at radius 1 is 1.57 bits per heavy atom. The first-order valence-corrected chi connectivity index (χ1v) is 6.35. The topological polar surface area (TPSA) is 15.9 Å². The van der Waals surface area contributed by atoms with E-state index in [-0.39, 0.29) is 0 Å². The van der Waals surface area contributed by atoms with Gasteiger partial charge in [-0.3, -0.25) is 4.90 Å². The van der Waals surface area contributed by atoms with Crippen molar-refractivity contribution in [2.24, 2.45) is 0 Å². The van der Waals surface area contributed by atoms with Crippen molar-refractivity contribution in [3.05, 3.63) is 15.6 Å². The molecule has 2 nitrogen and oxygen atoms in total. The van der Waals surface area contributed by atoms with Crippen molar-refractivity contribution in [3.63, 3.8) is 0 Å². The number of aromatic nitrogens is 1. The summed E-state index contributed by atoms with van der Waals surface area (Å²) in [7, 11) is 0. The molecule has 0 N–H and O–H groups in total. The van der Waals surface area contributed by atoms with Crippen LogP contribution in [-0.2, 0) is 6.42 Å². The highest BCUT2D eigenvalue weighted by atomic mass is 32.1. The maximum Gasteiger partial charge on any atom is 0.0900 e. The molecule has 2 aliphatic rings. The third kappa shape index (κ3) is 1.15. The second kappa shape index (κ2) is 3.04. The zero-order valence-electron chi connectivity index (χ0n) is 8.79. The van der Waals surface area contributed by atoms with E-state index in [9.17, 15) is 0 Å². The second-order valence-electron chi connectivity index (χ2n) is 4.33. The number of thiazole rings is 1. The molecule has 0 bridgehead atoms. The van der Waals surface area contributed by atoms with Gasteiger partial charge in [0.05, 0.1) is 16.7 Å². The summed E-state index contributed by atoms with van der Waals surface area (Å²) in [6.07, 6.45) is 3.82. The molecule has 0 amide bonds. The Kier molecular flexibility index (Phi) is 1.92. The average molecular weight is 208 g/mol. The Bertz CT molecular complexity index is 358. The first-order valence-electron chi connectivity index (χ1n) is 5.53. The highest BCUT2D eigenvalue weighted by Gasteiger charge is 2.51. The van der Waals surface area contributed by atoms with Gasteiger partial charge in [-0.1, -0.05) is 6.92 Å². The lowest BCUT2D eigenvalue weighted by Gasteiger charge is -2.04. The number of hydrogen-bond acceptors (Lipinski definition) is 3. The third-order valence-electron chi connectivity index (χ3n) is 3.32. The quantitative estimate of drug-likeness (QED) is 0.694. The first kappa shape index (κ1) is 8.86. The van der Waals surface area contributed by atoms with E-state index in [1.807, 2.05) is 11.3 Å². The Morgan fingerprint density at radius 2 is 2.43 bits per heavy atom. The second-order valence-corrected chi connectivity index (χ2v) is 5.57. The molecule has 3 heteroatoms. The van der Waals surface area contributed by atoms with E-state index >= 15 is 0 Å². The van der Waals surface area contributed by atoms with Crippen LogP contribution in [0.4, 0.5) is 0 Å². The van der Waals surface area contributed by atoms with Gasteiger partial charge in [0.15, 0.2) is 0 Å². The predicted octanol–water partition coefficient (Wildman–Crippen LogP) is 2.53. The Labute approximate surface area is 89.0 Å². The van der Waals surface area contributed by atoms with Crippen LogP contribution in [0.5, 0.6) is 0 Å². The number of aryl methyl sites for hydroxylation is 2. The van der Waals surface area contributed by atoms with Crippen LogP contribution in [0, 0.1) is 6.92 Å². The largest absolute Gasteiger partial charge is 0.289 e. The van der Waals surface area contributed by atoms with Crippen molar-refractivity contribution in [3.8, 4) is 0 Å². The summed E-state index contributed by atoms with van der Waals surface area (Å²) in [6.45, 7) is 5.67. The van der Waals surface area contributed by atoms with E-state index in [1.165, 1.54) is 36.5 Å². The zero-order chi connectivity index (χ0) is 9.71. The molecule has 1 aromatic heterocycles. The van der Waals surface area contributed by atoms with Crippen molar-refractivity contribution in [2.75, 3.05) is 6.54 Å². The fraction of sp³-hybridized carbons (Fsp3) is 0.727. The summed E-state index contributed by atoms with van der Waals surface area (Å²) in [4.78, 5) is 8.83. The molecule has 2 heterocycles. The van der Waals surface area contributed by atoms with E-state index in [1.54, 1.807) is 4.88 Å². The molecular formula is C11H16N2S. The minimum Gasteiger partial charge on any atom is -0.289 e. The van der Waals surface area contributed by atoms with Gasteiger partial charge < -0.3 is 0 Å². The average Bonchev–Trinajstić information content (AvgIpc) is 2.70. The van der Waals surface area contributed by atoms with Gasteiger partial charge in [-0.2, -0.15) is 0 Å². The van der Waals surface area contributed by atoms with Crippen LogP contribution in [0.2, 0.25) is 0 Å². The van der Waals surface area contributed by atoms with E-state index in [0.717, 1.165) is 12.1 Å². The van der Waals surface area contributed by atoms with Gasteiger partial charge >= 0.3 is 0 Å². The molecule has 0 saturated carbocycles. The van der Waals surface area contributed by atoms with Gasteiger partial charge in [0.25, 0.3) is 0 Å². The molecule has 1 saturated heterocycles. The predicted molar refractivity (Wildman–Crippen MR) is 58.7 cm³/mol. The highest BCUT2D eigenvalue weighted by Crippen LogP contribution is 2.51. The number of fused-ring (bicyclic) bond motifs is 3. The number of hydrogen-bond donors (Lipinski definition) is 0. The minimum absolute atomic E-state index is 0.755. The van der Waals surface area contributed by atoms with E-state index < -0.39 is 0 Å². The first-order chi connectivity index (χ1) is 6.81. The SMILES string of the molecule is CCCN1C2CCc3nc(C)sc3C21. The van der Waals surface area contributed by atoms with Crippen LogP contribution in [-0.4, -0.2) is 22.5 Å². The van der Waals surface area contributed by atoms with E-state index in [2.05, 4.69) is 23.7 Å². The Hall–Kier alpha value is -0.410. The minimum atomic E-state index is 0.755. The molecule has 0 spiro atoms. The summed E-state index contributed by atoms with van der Waals surface area (Å²) in [5.74, 6) is 0. The maximum atomic E-state index is 4.61. The van der Waals surface area contributed by atoms with Crippen molar-refractivity contribution in [1.82, 2.24) is 9.88 Å². The molecule has 0 aromatic carbocycles. The molecule has 1 fully saturated rings. The molecule has 1 aliphatic carbocycles. The van der Waals surface area contributed by atoms with Crippen LogP contribution in [0.25, 0.3) is 0 Å². The summed E-state index contributed by atoms with van der Waals surface area (Å²) < 4.78 is 0. The zero-order valence-corrected chi connectivity index (χ0v) is 9.60. The molecular weight excluding hydrogens is 192 g/mol. The van der Waals surface area contributed by atoms with Crippen LogP contribution in [0.3, 0.4) is 0 Å². The number of nitrogens with zero attached hydrogens (tertiary/aromatic N) is 2. The summed E-state index contributed by atoms with van der Waals surface area (Å²) in [6, 6.07) is 1.62. The molecule has 3 atom stereocenters. The monoisotopic (exact) mass is 208 g/mol. The summed E-state index contributed by atoms with van der Waals surface area (Å²) in [5, 5.41) is 1.25. The van der Waals surface area contributed by atoms with Crippen molar-refractivity contribution in [2.45, 2.75) is 45.2 Å². The summed E-state index contributed by atoms with van der Waals surface area (Å²) in [5.41, 5.74) is 1.40. The van der Waals surface area contributed by atoms with Gasteiger partial charge in [-0.05, 0) is 32.7 Å². The van der Waals surface area contributed by atoms with E-state index in [4.69, 9.17) is 0 Å². The molecule has 0 radical (unpaired) electrons. The normalized spacial score (nSPS) is 33.7. The molecule has 3 unspecified atom stereocenters. The molecule has 1 aromatic rings. The van der Waals surface area contributed by atoms with Gasteiger partial charge in [0.2, 0.25) is 0 Å². The molecule has 76 valence electrons. The van der Waals surface area contributed by atoms with Gasteiger partial charge in [-0.25, -0.2) is 4.98 Å². The Morgan fingerprint density at radius 3 is 3.21 bits per heavy atom. The van der Waals surface area contributed by atoms with Gasteiger partial charge in [0, 0.05) is 10.9 Å². The maximum absolute atomic E-state index is 4.61. The lowest BCUT2D eigenvalue weighted by atomic mass is 10.0. The Balaban J connectivity index is 1.89. The van der Waals surface area contributed by atoms with E-state index in [0.29, 0.717) is 0 Å². The lowest BCUT2D eigenvalue weighted by Crippen LogP contribution is -2.04. The van der Waals surface area contributed by atoms with Crippen LogP contribution in [0.15, 0.2) is 0 Å². The third-order valence-corrected chi connectivity index (χ3v) is 4.40. The molecule has 1 aliphatic heterocycles. The van der Waals surface area contributed by atoms with Crippen molar-refractivity contribution < 1.29 is 0 Å². The highest BCUT2D eigenvalue weighted by molar-refractivity contribution is 7.11. The summed E-state index contributed by atoms with van der Waals surface area (Å²) >= 11 is 1.92. The standard InChI is InChI=1S/C11H16N2S/c1-3-6-13-9-5-4-8-11(10(9)13)14-7(2)12-8/h9-10H,3-6H2,1-2H3. The van der Waals surface area contributed by atoms with Crippen molar-refractivity contribution >= 4 is 11.3 Å². The van der Waals surface area contributed by atoms with Gasteiger partial charge in [-0.15, -0.1) is 11.3 Å². The number of rotatable bonds is 2. The smallest absolute Gasteiger partial charge is 0.0900 e. The fourth-order valence-electron chi connectivity index (χ4n) is 2.72. The van der Waals surface area contributed by atoms with Gasteiger partial charge in [0.1, 0.15) is 0 Å². The van der Waals surface area contributed by atoms with Crippen LogP contribution in [0.1, 0.15) is 41.4 Å². The van der Waals surface area contributed by atoms with Crippen LogP contribution < -0.4 is 0 Å². The fourth-order valence-corrected chi connectivity index (χ4v) is 3.88. The molecule has 14 heavy (non-hydrogen) atoms. The lowest BCUT2D eigenvalue weighted by molar-refractivity contribution is 0.476. The van der Waals surface area contributed by atoms with Crippen LogP contribution >= 0.6 is 11.3 Å². The van der Waals surface area contributed by atoms with Crippen molar-refractivity contribution in [1.29, 1.82) is 0 Å². The molecule has 3 rings (SSSR count).